The van der Waals surface area contributed by atoms with Crippen molar-refractivity contribution >= 4 is 5.91 Å². The third-order valence-electron chi connectivity index (χ3n) is 5.06. The van der Waals surface area contributed by atoms with Crippen LogP contribution in [0, 0.1) is 5.92 Å². The first-order chi connectivity index (χ1) is 12.5. The molecule has 0 saturated carbocycles. The molecule has 0 radical (unpaired) electrons. The van der Waals surface area contributed by atoms with Gasteiger partial charge in [-0.15, -0.1) is 0 Å². The fourth-order valence-electron chi connectivity index (χ4n) is 3.28. The summed E-state index contributed by atoms with van der Waals surface area (Å²) in [6.07, 6.45) is 7.01. The molecule has 1 aliphatic rings. The fourth-order valence-corrected chi connectivity index (χ4v) is 3.28. The Bertz CT molecular complexity index is 702. The number of nitrogens with one attached hydrogen (secondary N) is 1. The second-order valence-electron chi connectivity index (χ2n) is 7.50. The van der Waals surface area contributed by atoms with E-state index < -0.39 is 0 Å². The molecule has 1 saturated heterocycles. The van der Waals surface area contributed by atoms with E-state index in [0.29, 0.717) is 24.6 Å². The van der Waals surface area contributed by atoms with Crippen LogP contribution in [-0.2, 0) is 0 Å². The van der Waals surface area contributed by atoms with Crippen LogP contribution in [0.4, 0.5) is 0 Å². The van der Waals surface area contributed by atoms with Gasteiger partial charge < -0.3 is 19.9 Å². The van der Waals surface area contributed by atoms with E-state index >= 15 is 0 Å². The van der Waals surface area contributed by atoms with Crippen LogP contribution in [0.15, 0.2) is 42.9 Å². The zero-order valence-electron chi connectivity index (χ0n) is 15.6. The molecule has 140 valence electrons. The van der Waals surface area contributed by atoms with Crippen molar-refractivity contribution in [2.24, 2.45) is 5.92 Å². The Hall–Kier alpha value is -2.18. The summed E-state index contributed by atoms with van der Waals surface area (Å²) in [5, 5.41) is 13.3. The normalized spacial score (nSPS) is 16.8. The molecule has 0 aromatic carbocycles. The molecule has 2 aromatic heterocycles. The van der Waals surface area contributed by atoms with Crippen molar-refractivity contribution in [2.45, 2.75) is 32.2 Å². The zero-order chi connectivity index (χ0) is 18.6. The maximum Gasteiger partial charge on any atom is 0.255 e. The number of nitrogens with zero attached hydrogens (tertiary/aromatic N) is 3. The Balaban J connectivity index is 1.61. The van der Waals surface area contributed by atoms with Crippen LogP contribution < -0.4 is 5.32 Å². The molecule has 0 bridgehead atoms. The van der Waals surface area contributed by atoms with Crippen molar-refractivity contribution in [2.75, 3.05) is 26.2 Å². The van der Waals surface area contributed by atoms with Gasteiger partial charge in [0.05, 0.1) is 12.2 Å². The molecule has 3 heterocycles. The molecule has 0 aliphatic carbocycles. The lowest BCUT2D eigenvalue weighted by molar-refractivity contribution is 0.0524. The number of likely N-dealkylation sites (tertiary alicyclic amines) is 1. The molecule has 0 unspecified atom stereocenters. The number of pyridine rings is 1. The van der Waals surface area contributed by atoms with Crippen molar-refractivity contribution in [1.29, 1.82) is 0 Å². The molecule has 2 N–H and O–H groups in total. The van der Waals surface area contributed by atoms with Gasteiger partial charge in [0.1, 0.15) is 5.82 Å². The number of hydrogen-bond donors (Lipinski definition) is 2. The standard InChI is InChI=1S/C20H28N4O2/c1-16(2)13-22-20(15-25)7-11-24(12-8-20)19(26)17-5-6-18(21-14-17)23-9-3-4-10-23/h3-6,9-10,14,16,22,25H,7-8,11-13,15H2,1-2H3. The summed E-state index contributed by atoms with van der Waals surface area (Å²) in [6.45, 7) is 6.57. The number of rotatable bonds is 6. The highest BCUT2D eigenvalue weighted by Gasteiger charge is 2.35. The molecule has 1 fully saturated rings. The van der Waals surface area contributed by atoms with Gasteiger partial charge in [0.25, 0.3) is 5.91 Å². The van der Waals surface area contributed by atoms with E-state index in [1.165, 1.54) is 0 Å². The highest BCUT2D eigenvalue weighted by molar-refractivity contribution is 5.94. The van der Waals surface area contributed by atoms with Gasteiger partial charge >= 0.3 is 0 Å². The SMILES string of the molecule is CC(C)CNC1(CO)CCN(C(=O)c2ccc(-n3cccc3)nc2)CC1. The van der Waals surface area contributed by atoms with E-state index in [4.69, 9.17) is 0 Å². The smallest absolute Gasteiger partial charge is 0.255 e. The van der Waals surface area contributed by atoms with Gasteiger partial charge in [-0.25, -0.2) is 4.98 Å². The molecular formula is C20H28N4O2. The van der Waals surface area contributed by atoms with Crippen LogP contribution in [0.3, 0.4) is 0 Å². The van der Waals surface area contributed by atoms with Gasteiger partial charge in [0.15, 0.2) is 0 Å². The lowest BCUT2D eigenvalue weighted by Gasteiger charge is -2.42. The number of aromatic nitrogens is 2. The third-order valence-corrected chi connectivity index (χ3v) is 5.06. The van der Waals surface area contributed by atoms with Gasteiger partial charge in [-0.05, 0) is 49.6 Å². The van der Waals surface area contributed by atoms with E-state index in [1.807, 2.05) is 46.1 Å². The lowest BCUT2D eigenvalue weighted by atomic mass is 9.87. The Morgan fingerprint density at radius 3 is 2.50 bits per heavy atom. The molecule has 3 rings (SSSR count). The quantitative estimate of drug-likeness (QED) is 0.831. The minimum Gasteiger partial charge on any atom is -0.394 e. The molecule has 6 nitrogen and oxygen atoms in total. The molecule has 26 heavy (non-hydrogen) atoms. The van der Waals surface area contributed by atoms with Crippen molar-refractivity contribution < 1.29 is 9.90 Å². The van der Waals surface area contributed by atoms with Crippen molar-refractivity contribution in [3.05, 3.63) is 48.4 Å². The number of aliphatic hydroxyl groups is 1. The second kappa shape index (κ2) is 8.01. The van der Waals surface area contributed by atoms with Gasteiger partial charge in [-0.2, -0.15) is 0 Å². The van der Waals surface area contributed by atoms with E-state index in [9.17, 15) is 9.90 Å². The van der Waals surface area contributed by atoms with Gasteiger partial charge in [-0.3, -0.25) is 4.79 Å². The highest BCUT2D eigenvalue weighted by Crippen LogP contribution is 2.23. The highest BCUT2D eigenvalue weighted by atomic mass is 16.3. The first-order valence-electron chi connectivity index (χ1n) is 9.27. The third kappa shape index (κ3) is 4.14. The largest absolute Gasteiger partial charge is 0.394 e. The van der Waals surface area contributed by atoms with Crippen LogP contribution in [-0.4, -0.2) is 57.2 Å². The van der Waals surface area contributed by atoms with Gasteiger partial charge in [0.2, 0.25) is 0 Å². The summed E-state index contributed by atoms with van der Waals surface area (Å²) < 4.78 is 1.91. The van der Waals surface area contributed by atoms with E-state index in [-0.39, 0.29) is 18.1 Å². The average Bonchev–Trinajstić information content (AvgIpc) is 3.21. The number of aliphatic hydroxyl groups excluding tert-OH is 1. The summed E-state index contributed by atoms with van der Waals surface area (Å²) >= 11 is 0. The van der Waals surface area contributed by atoms with E-state index in [1.54, 1.807) is 6.20 Å². The minimum absolute atomic E-state index is 0.00644. The van der Waals surface area contributed by atoms with Crippen LogP contribution in [0.5, 0.6) is 0 Å². The number of amides is 1. The van der Waals surface area contributed by atoms with Gasteiger partial charge in [0, 0.05) is 37.2 Å². The molecule has 1 aliphatic heterocycles. The molecule has 2 aromatic rings. The second-order valence-corrected chi connectivity index (χ2v) is 7.50. The van der Waals surface area contributed by atoms with Gasteiger partial charge in [-0.1, -0.05) is 13.8 Å². The summed E-state index contributed by atoms with van der Waals surface area (Å²) in [7, 11) is 0. The molecule has 0 atom stereocenters. The Kier molecular flexibility index (Phi) is 5.74. The monoisotopic (exact) mass is 356 g/mol. The minimum atomic E-state index is -0.266. The van der Waals surface area contributed by atoms with Crippen molar-refractivity contribution in [3.63, 3.8) is 0 Å². The summed E-state index contributed by atoms with van der Waals surface area (Å²) in [6, 6.07) is 7.57. The predicted molar refractivity (Wildman–Crippen MR) is 101 cm³/mol. The first-order valence-corrected chi connectivity index (χ1v) is 9.27. The van der Waals surface area contributed by atoms with Crippen LogP contribution in [0.1, 0.15) is 37.0 Å². The summed E-state index contributed by atoms with van der Waals surface area (Å²) in [4.78, 5) is 19.0. The van der Waals surface area contributed by atoms with Crippen molar-refractivity contribution in [3.8, 4) is 5.82 Å². The molecule has 0 spiro atoms. The Labute approximate surface area is 154 Å². The Morgan fingerprint density at radius 2 is 1.96 bits per heavy atom. The predicted octanol–water partition coefficient (Wildman–Crippen LogP) is 2.08. The van der Waals surface area contributed by atoms with Crippen LogP contribution in [0.25, 0.3) is 5.82 Å². The van der Waals surface area contributed by atoms with Crippen LogP contribution >= 0.6 is 0 Å². The average molecular weight is 356 g/mol. The van der Waals surface area contributed by atoms with E-state index in [0.717, 1.165) is 25.2 Å². The number of piperidine rings is 1. The number of carbonyl (C=O) groups excluding carboxylic acids is 1. The van der Waals surface area contributed by atoms with Crippen LogP contribution in [0.2, 0.25) is 0 Å². The van der Waals surface area contributed by atoms with Crippen molar-refractivity contribution in [1.82, 2.24) is 19.8 Å². The number of hydrogen-bond acceptors (Lipinski definition) is 4. The van der Waals surface area contributed by atoms with E-state index in [2.05, 4.69) is 24.1 Å². The summed E-state index contributed by atoms with van der Waals surface area (Å²) in [5.74, 6) is 1.33. The molecular weight excluding hydrogens is 328 g/mol. The molecule has 6 heteroatoms. The molecule has 1 amide bonds. The maximum absolute atomic E-state index is 12.8. The topological polar surface area (TPSA) is 70.4 Å². The maximum atomic E-state index is 12.8. The first kappa shape index (κ1) is 18.6. The Morgan fingerprint density at radius 1 is 1.27 bits per heavy atom. The summed E-state index contributed by atoms with van der Waals surface area (Å²) in [5.41, 5.74) is 0.338. The lowest BCUT2D eigenvalue weighted by Crippen LogP contribution is -2.57. The fraction of sp³-hybridized carbons (Fsp3) is 0.500. The zero-order valence-corrected chi connectivity index (χ0v) is 15.6. The number of carbonyl (C=O) groups is 1.